The van der Waals surface area contributed by atoms with Crippen LogP contribution in [0.15, 0.2) is 0 Å². The Morgan fingerprint density at radius 3 is 2.38 bits per heavy atom. The van der Waals surface area contributed by atoms with E-state index in [0.717, 1.165) is 19.6 Å². The molecular formula is C10H20N2O. The van der Waals surface area contributed by atoms with Gasteiger partial charge in [-0.2, -0.15) is 0 Å². The molecule has 0 spiro atoms. The molecule has 3 heteroatoms. The molecule has 1 saturated heterocycles. The fourth-order valence-corrected chi connectivity index (χ4v) is 1.36. The largest absolute Gasteiger partial charge is 0.355 e. The van der Waals surface area contributed by atoms with Crippen LogP contribution in [0.1, 0.15) is 20.8 Å². The molecule has 0 unspecified atom stereocenters. The zero-order chi connectivity index (χ0) is 10.1. The van der Waals surface area contributed by atoms with E-state index in [0.29, 0.717) is 0 Å². The Kier molecular flexibility index (Phi) is 2.96. The van der Waals surface area contributed by atoms with E-state index in [1.807, 2.05) is 7.05 Å². The Bertz CT molecular complexity index is 190. The number of amides is 1. The zero-order valence-corrected chi connectivity index (χ0v) is 9.05. The number of likely N-dealkylation sites (tertiary alicyclic amines) is 1. The predicted octanol–water partition coefficient (Wildman–Crippen LogP) is 0.710. The van der Waals surface area contributed by atoms with Gasteiger partial charge in [-0.1, -0.05) is 20.8 Å². The fraction of sp³-hybridized carbons (Fsp3) is 0.900. The van der Waals surface area contributed by atoms with Crippen molar-refractivity contribution in [3.8, 4) is 0 Å². The van der Waals surface area contributed by atoms with Crippen molar-refractivity contribution in [3.05, 3.63) is 0 Å². The van der Waals surface area contributed by atoms with Crippen LogP contribution in [0.2, 0.25) is 0 Å². The van der Waals surface area contributed by atoms with Gasteiger partial charge in [0.2, 0.25) is 5.91 Å². The van der Waals surface area contributed by atoms with E-state index >= 15 is 0 Å². The van der Waals surface area contributed by atoms with Crippen LogP contribution in [-0.4, -0.2) is 37.5 Å². The molecule has 0 aliphatic carbocycles. The SMILES string of the molecule is CN1CC(C(=O)NCC(C)(C)C)C1. The van der Waals surface area contributed by atoms with Gasteiger partial charge in [0, 0.05) is 19.6 Å². The Morgan fingerprint density at radius 2 is 2.00 bits per heavy atom. The molecule has 0 saturated carbocycles. The summed E-state index contributed by atoms with van der Waals surface area (Å²) in [5, 5.41) is 2.98. The highest BCUT2D eigenvalue weighted by atomic mass is 16.2. The summed E-state index contributed by atoms with van der Waals surface area (Å²) in [5.74, 6) is 0.445. The molecule has 3 nitrogen and oxygen atoms in total. The van der Waals surface area contributed by atoms with E-state index in [1.165, 1.54) is 0 Å². The van der Waals surface area contributed by atoms with E-state index < -0.39 is 0 Å². The second-order valence-electron chi connectivity index (χ2n) is 5.20. The molecule has 0 bridgehead atoms. The Balaban J connectivity index is 2.19. The normalized spacial score (nSPS) is 19.7. The standard InChI is InChI=1S/C10H20N2O/c1-10(2,3)7-11-9(13)8-5-12(4)6-8/h8H,5-7H2,1-4H3,(H,11,13). The third-order valence-corrected chi connectivity index (χ3v) is 2.23. The van der Waals surface area contributed by atoms with Crippen molar-refractivity contribution in [1.29, 1.82) is 0 Å². The molecule has 0 radical (unpaired) electrons. The summed E-state index contributed by atoms with van der Waals surface area (Å²) in [6, 6.07) is 0. The van der Waals surface area contributed by atoms with E-state index in [2.05, 4.69) is 31.0 Å². The molecular weight excluding hydrogens is 164 g/mol. The Labute approximate surface area is 80.5 Å². The third-order valence-electron chi connectivity index (χ3n) is 2.23. The highest BCUT2D eigenvalue weighted by molar-refractivity contribution is 5.80. The lowest BCUT2D eigenvalue weighted by Crippen LogP contribution is -2.52. The van der Waals surface area contributed by atoms with Crippen LogP contribution in [0, 0.1) is 11.3 Å². The Morgan fingerprint density at radius 1 is 1.46 bits per heavy atom. The minimum absolute atomic E-state index is 0.186. The summed E-state index contributed by atoms with van der Waals surface area (Å²) >= 11 is 0. The van der Waals surface area contributed by atoms with Gasteiger partial charge in [-0.05, 0) is 12.5 Å². The quantitative estimate of drug-likeness (QED) is 0.685. The van der Waals surface area contributed by atoms with E-state index in [1.54, 1.807) is 0 Å². The summed E-state index contributed by atoms with van der Waals surface area (Å²) in [5.41, 5.74) is 0.186. The maximum absolute atomic E-state index is 11.5. The van der Waals surface area contributed by atoms with Crippen LogP contribution in [0.4, 0.5) is 0 Å². The smallest absolute Gasteiger partial charge is 0.225 e. The average molecular weight is 184 g/mol. The molecule has 0 aromatic carbocycles. The number of hydrogen-bond donors (Lipinski definition) is 1. The highest BCUT2D eigenvalue weighted by Gasteiger charge is 2.30. The molecule has 1 rings (SSSR count). The maximum Gasteiger partial charge on any atom is 0.225 e. The minimum Gasteiger partial charge on any atom is -0.355 e. The van der Waals surface area contributed by atoms with Crippen LogP contribution >= 0.6 is 0 Å². The average Bonchev–Trinajstić information content (AvgIpc) is 1.93. The van der Waals surface area contributed by atoms with Gasteiger partial charge >= 0.3 is 0 Å². The lowest BCUT2D eigenvalue weighted by molar-refractivity contribution is -0.129. The van der Waals surface area contributed by atoms with Crippen molar-refractivity contribution >= 4 is 5.91 Å². The monoisotopic (exact) mass is 184 g/mol. The summed E-state index contributed by atoms with van der Waals surface area (Å²) in [6.45, 7) is 8.97. The fourth-order valence-electron chi connectivity index (χ4n) is 1.36. The lowest BCUT2D eigenvalue weighted by Gasteiger charge is -2.35. The predicted molar refractivity (Wildman–Crippen MR) is 53.5 cm³/mol. The number of carbonyl (C=O) groups excluding carboxylic acids is 1. The molecule has 1 fully saturated rings. The number of rotatable bonds is 2. The van der Waals surface area contributed by atoms with Gasteiger partial charge in [0.1, 0.15) is 0 Å². The molecule has 0 aromatic rings. The van der Waals surface area contributed by atoms with E-state index in [4.69, 9.17) is 0 Å². The number of hydrogen-bond acceptors (Lipinski definition) is 2. The second kappa shape index (κ2) is 3.66. The van der Waals surface area contributed by atoms with Crippen molar-refractivity contribution in [2.75, 3.05) is 26.7 Å². The topological polar surface area (TPSA) is 32.3 Å². The molecule has 0 atom stereocenters. The first-order chi connectivity index (χ1) is 5.88. The van der Waals surface area contributed by atoms with Crippen molar-refractivity contribution in [1.82, 2.24) is 10.2 Å². The van der Waals surface area contributed by atoms with Crippen LogP contribution in [-0.2, 0) is 4.79 Å². The van der Waals surface area contributed by atoms with Gasteiger partial charge in [0.15, 0.2) is 0 Å². The van der Waals surface area contributed by atoms with Gasteiger partial charge in [0.05, 0.1) is 5.92 Å². The molecule has 1 aliphatic heterocycles. The number of nitrogens with one attached hydrogen (secondary N) is 1. The number of carbonyl (C=O) groups is 1. The van der Waals surface area contributed by atoms with Crippen molar-refractivity contribution in [2.24, 2.45) is 11.3 Å². The van der Waals surface area contributed by atoms with Gasteiger partial charge in [0.25, 0.3) is 0 Å². The van der Waals surface area contributed by atoms with Gasteiger partial charge < -0.3 is 10.2 Å². The van der Waals surface area contributed by atoms with Crippen LogP contribution in [0.5, 0.6) is 0 Å². The molecule has 13 heavy (non-hydrogen) atoms. The van der Waals surface area contributed by atoms with Crippen LogP contribution < -0.4 is 5.32 Å². The highest BCUT2D eigenvalue weighted by Crippen LogP contribution is 2.14. The molecule has 0 aromatic heterocycles. The van der Waals surface area contributed by atoms with Crippen LogP contribution in [0.25, 0.3) is 0 Å². The lowest BCUT2D eigenvalue weighted by atomic mass is 9.95. The zero-order valence-electron chi connectivity index (χ0n) is 9.05. The van der Waals surface area contributed by atoms with E-state index in [9.17, 15) is 4.79 Å². The van der Waals surface area contributed by atoms with Crippen molar-refractivity contribution < 1.29 is 4.79 Å². The first-order valence-electron chi connectivity index (χ1n) is 4.85. The van der Waals surface area contributed by atoms with Crippen molar-refractivity contribution in [3.63, 3.8) is 0 Å². The molecule has 76 valence electrons. The van der Waals surface area contributed by atoms with Crippen molar-refractivity contribution in [2.45, 2.75) is 20.8 Å². The van der Waals surface area contributed by atoms with Gasteiger partial charge in [-0.25, -0.2) is 0 Å². The summed E-state index contributed by atoms with van der Waals surface area (Å²) in [4.78, 5) is 13.6. The summed E-state index contributed by atoms with van der Waals surface area (Å²) in [7, 11) is 2.04. The first kappa shape index (κ1) is 10.5. The minimum atomic E-state index is 0.186. The van der Waals surface area contributed by atoms with Gasteiger partial charge in [-0.3, -0.25) is 4.79 Å². The van der Waals surface area contributed by atoms with E-state index in [-0.39, 0.29) is 17.2 Å². The second-order valence-corrected chi connectivity index (χ2v) is 5.20. The van der Waals surface area contributed by atoms with Gasteiger partial charge in [-0.15, -0.1) is 0 Å². The number of nitrogens with zero attached hydrogens (tertiary/aromatic N) is 1. The summed E-state index contributed by atoms with van der Waals surface area (Å²) in [6.07, 6.45) is 0. The first-order valence-corrected chi connectivity index (χ1v) is 4.85. The summed E-state index contributed by atoms with van der Waals surface area (Å²) < 4.78 is 0. The Hall–Kier alpha value is -0.570. The van der Waals surface area contributed by atoms with Crippen LogP contribution in [0.3, 0.4) is 0 Å². The maximum atomic E-state index is 11.5. The molecule has 1 aliphatic rings. The third kappa shape index (κ3) is 3.35. The molecule has 1 N–H and O–H groups in total. The molecule has 1 amide bonds. The molecule has 1 heterocycles.